The van der Waals surface area contributed by atoms with Crippen LogP contribution in [0.5, 0.6) is 5.75 Å². The fourth-order valence-electron chi connectivity index (χ4n) is 3.47. The second-order valence-corrected chi connectivity index (χ2v) is 6.20. The van der Waals surface area contributed by atoms with Gasteiger partial charge in [0.2, 0.25) is 0 Å². The van der Waals surface area contributed by atoms with Gasteiger partial charge < -0.3 is 4.74 Å². The fourth-order valence-corrected chi connectivity index (χ4v) is 3.47. The zero-order chi connectivity index (χ0) is 13.8. The average molecular weight is 272 g/mol. The number of carbonyl (C=O) groups is 1. The number of fused-ring (bicyclic) bond motifs is 1. The second-order valence-electron chi connectivity index (χ2n) is 6.20. The minimum atomic E-state index is 0.343. The number of benzene rings is 1. The maximum Gasteiger partial charge on any atom is 0.136 e. The van der Waals surface area contributed by atoms with Crippen molar-refractivity contribution in [2.75, 3.05) is 6.61 Å². The van der Waals surface area contributed by atoms with Crippen LogP contribution in [0, 0.1) is 5.92 Å². The summed E-state index contributed by atoms with van der Waals surface area (Å²) in [6.45, 7) is 0.805. The monoisotopic (exact) mass is 272 g/mol. The molecule has 3 rings (SSSR count). The predicted octanol–water partition coefficient (Wildman–Crippen LogP) is 4.09. The molecular formula is C18H24O2. The number of ketones is 1. The highest BCUT2D eigenvalue weighted by atomic mass is 16.5. The van der Waals surface area contributed by atoms with Crippen molar-refractivity contribution in [2.45, 2.75) is 57.8 Å². The molecule has 0 radical (unpaired) electrons. The largest absolute Gasteiger partial charge is 0.493 e. The molecule has 1 aliphatic carbocycles. The van der Waals surface area contributed by atoms with Gasteiger partial charge in [0, 0.05) is 18.8 Å². The van der Waals surface area contributed by atoms with Gasteiger partial charge in [-0.25, -0.2) is 0 Å². The van der Waals surface area contributed by atoms with Crippen molar-refractivity contribution in [2.24, 2.45) is 5.92 Å². The van der Waals surface area contributed by atoms with E-state index in [-0.39, 0.29) is 0 Å². The van der Waals surface area contributed by atoms with Gasteiger partial charge in [-0.05, 0) is 36.5 Å². The van der Waals surface area contributed by atoms with Crippen LogP contribution in [-0.4, -0.2) is 12.4 Å². The molecule has 0 spiro atoms. The topological polar surface area (TPSA) is 26.3 Å². The Morgan fingerprint density at radius 2 is 1.95 bits per heavy atom. The molecule has 2 nitrogen and oxygen atoms in total. The Bertz CT molecular complexity index is 470. The van der Waals surface area contributed by atoms with Gasteiger partial charge in [-0.1, -0.05) is 37.8 Å². The molecule has 0 bridgehead atoms. The molecule has 1 aromatic carbocycles. The van der Waals surface area contributed by atoms with E-state index in [4.69, 9.17) is 4.74 Å². The number of hydrogen-bond acceptors (Lipinski definition) is 2. The maximum atomic E-state index is 12.3. The van der Waals surface area contributed by atoms with Crippen LogP contribution < -0.4 is 4.74 Å². The smallest absolute Gasteiger partial charge is 0.136 e. The fraction of sp³-hybridized carbons (Fsp3) is 0.611. The molecular weight excluding hydrogens is 248 g/mol. The molecule has 0 unspecified atom stereocenters. The second kappa shape index (κ2) is 6.43. The lowest BCUT2D eigenvalue weighted by molar-refractivity contribution is -0.123. The van der Waals surface area contributed by atoms with Gasteiger partial charge in [0.1, 0.15) is 11.5 Å². The molecule has 0 saturated heterocycles. The van der Waals surface area contributed by atoms with Gasteiger partial charge in [-0.3, -0.25) is 4.79 Å². The van der Waals surface area contributed by atoms with Crippen LogP contribution in [-0.2, 0) is 17.6 Å². The highest BCUT2D eigenvalue weighted by Crippen LogP contribution is 2.28. The molecule has 1 aliphatic heterocycles. The minimum Gasteiger partial charge on any atom is -0.493 e. The Morgan fingerprint density at radius 3 is 2.75 bits per heavy atom. The first kappa shape index (κ1) is 13.7. The number of ether oxygens (including phenoxy) is 1. The average Bonchev–Trinajstić information content (AvgIpc) is 2.76. The summed E-state index contributed by atoms with van der Waals surface area (Å²) in [5.74, 6) is 1.86. The molecule has 0 N–H and O–H groups in total. The van der Waals surface area contributed by atoms with Gasteiger partial charge in [0.15, 0.2) is 0 Å². The van der Waals surface area contributed by atoms with E-state index >= 15 is 0 Å². The number of carbonyl (C=O) groups excluding carboxylic acids is 1. The SMILES string of the molecule is O=C(CCc1ccc2c(c1)CCO2)C1CCCCCC1. The summed E-state index contributed by atoms with van der Waals surface area (Å²) in [5, 5.41) is 0. The van der Waals surface area contributed by atoms with Crippen molar-refractivity contribution in [3.05, 3.63) is 29.3 Å². The standard InChI is InChI=1S/C18H24O2/c19-17(15-5-3-1-2-4-6-15)9-7-14-8-10-18-16(13-14)11-12-20-18/h8,10,13,15H,1-7,9,11-12H2. The maximum absolute atomic E-state index is 12.3. The van der Waals surface area contributed by atoms with Crippen molar-refractivity contribution >= 4 is 5.78 Å². The molecule has 108 valence electrons. The van der Waals surface area contributed by atoms with E-state index in [9.17, 15) is 4.79 Å². The quantitative estimate of drug-likeness (QED) is 0.772. The summed E-state index contributed by atoms with van der Waals surface area (Å²) < 4.78 is 5.52. The third kappa shape index (κ3) is 3.23. The summed E-state index contributed by atoms with van der Waals surface area (Å²) in [5.41, 5.74) is 2.60. The van der Waals surface area contributed by atoms with E-state index in [2.05, 4.69) is 18.2 Å². The van der Waals surface area contributed by atoms with Crippen LogP contribution in [0.2, 0.25) is 0 Å². The molecule has 20 heavy (non-hydrogen) atoms. The van der Waals surface area contributed by atoms with Crippen molar-refractivity contribution in [1.82, 2.24) is 0 Å². The van der Waals surface area contributed by atoms with Crippen molar-refractivity contribution in [3.63, 3.8) is 0 Å². The van der Waals surface area contributed by atoms with E-state index in [1.54, 1.807) is 0 Å². The summed E-state index contributed by atoms with van der Waals surface area (Å²) in [6, 6.07) is 6.40. The van der Waals surface area contributed by atoms with E-state index in [0.29, 0.717) is 18.1 Å². The lowest BCUT2D eigenvalue weighted by Gasteiger charge is -2.12. The normalized spacial score (nSPS) is 19.2. The summed E-state index contributed by atoms with van der Waals surface area (Å²) in [7, 11) is 0. The Balaban J connectivity index is 1.54. The number of hydrogen-bond donors (Lipinski definition) is 0. The number of rotatable bonds is 4. The van der Waals surface area contributed by atoms with Crippen LogP contribution in [0.3, 0.4) is 0 Å². The zero-order valence-electron chi connectivity index (χ0n) is 12.2. The minimum absolute atomic E-state index is 0.343. The Hall–Kier alpha value is -1.31. The predicted molar refractivity (Wildman–Crippen MR) is 80.2 cm³/mol. The van der Waals surface area contributed by atoms with Gasteiger partial charge in [-0.2, -0.15) is 0 Å². The molecule has 0 aromatic heterocycles. The third-order valence-electron chi connectivity index (χ3n) is 4.72. The van der Waals surface area contributed by atoms with Gasteiger partial charge in [-0.15, -0.1) is 0 Å². The first-order valence-electron chi connectivity index (χ1n) is 8.10. The van der Waals surface area contributed by atoms with E-state index in [1.165, 1.54) is 36.8 Å². The van der Waals surface area contributed by atoms with Gasteiger partial charge in [0.05, 0.1) is 6.61 Å². The summed E-state index contributed by atoms with van der Waals surface area (Å²) in [6.07, 6.45) is 9.97. The highest BCUT2D eigenvalue weighted by Gasteiger charge is 2.20. The van der Waals surface area contributed by atoms with Crippen molar-refractivity contribution in [3.8, 4) is 5.75 Å². The highest BCUT2D eigenvalue weighted by molar-refractivity contribution is 5.81. The first-order chi connectivity index (χ1) is 9.83. The van der Waals surface area contributed by atoms with Crippen molar-refractivity contribution < 1.29 is 9.53 Å². The molecule has 2 heteroatoms. The van der Waals surface area contributed by atoms with Crippen molar-refractivity contribution in [1.29, 1.82) is 0 Å². The van der Waals surface area contributed by atoms with Crippen LogP contribution in [0.1, 0.15) is 56.1 Å². The molecule has 1 heterocycles. The van der Waals surface area contributed by atoms with E-state index in [1.807, 2.05) is 0 Å². The molecule has 0 atom stereocenters. The third-order valence-corrected chi connectivity index (χ3v) is 4.72. The Labute approximate surface area is 121 Å². The molecule has 0 amide bonds. The Kier molecular flexibility index (Phi) is 4.39. The first-order valence-corrected chi connectivity index (χ1v) is 8.10. The lowest BCUT2D eigenvalue weighted by Crippen LogP contribution is -2.14. The van der Waals surface area contributed by atoms with Crippen LogP contribution >= 0.6 is 0 Å². The van der Waals surface area contributed by atoms with Crippen LogP contribution in [0.15, 0.2) is 18.2 Å². The molecule has 1 saturated carbocycles. The van der Waals surface area contributed by atoms with E-state index in [0.717, 1.165) is 38.0 Å². The molecule has 2 aliphatic rings. The Morgan fingerprint density at radius 1 is 1.15 bits per heavy atom. The van der Waals surface area contributed by atoms with Crippen LogP contribution in [0.25, 0.3) is 0 Å². The number of Topliss-reactive ketones (excluding diaryl/α,β-unsaturated/α-hetero) is 1. The van der Waals surface area contributed by atoms with Crippen LogP contribution in [0.4, 0.5) is 0 Å². The summed E-state index contributed by atoms with van der Waals surface area (Å²) >= 11 is 0. The van der Waals surface area contributed by atoms with E-state index < -0.39 is 0 Å². The zero-order valence-corrected chi connectivity index (χ0v) is 12.2. The lowest BCUT2D eigenvalue weighted by atomic mass is 9.91. The number of aryl methyl sites for hydroxylation is 1. The van der Waals surface area contributed by atoms with Gasteiger partial charge >= 0.3 is 0 Å². The summed E-state index contributed by atoms with van der Waals surface area (Å²) in [4.78, 5) is 12.3. The molecule has 1 fully saturated rings. The van der Waals surface area contributed by atoms with Gasteiger partial charge in [0.25, 0.3) is 0 Å². The molecule has 1 aromatic rings.